The molecule has 1 N–H and O–H groups in total. The van der Waals surface area contributed by atoms with Gasteiger partial charge in [0.15, 0.2) is 0 Å². The summed E-state index contributed by atoms with van der Waals surface area (Å²) in [4.78, 5) is 13.9. The summed E-state index contributed by atoms with van der Waals surface area (Å²) < 4.78 is 4.83. The Morgan fingerprint density at radius 3 is 2.75 bits per heavy atom. The molecule has 1 unspecified atom stereocenters. The van der Waals surface area contributed by atoms with E-state index in [0.29, 0.717) is 16.6 Å². The normalized spacial score (nSPS) is 20.0. The van der Waals surface area contributed by atoms with Gasteiger partial charge in [-0.15, -0.1) is 12.4 Å². The van der Waals surface area contributed by atoms with Crippen molar-refractivity contribution < 1.29 is 9.53 Å². The van der Waals surface area contributed by atoms with Crippen LogP contribution in [0.4, 0.5) is 0 Å². The summed E-state index contributed by atoms with van der Waals surface area (Å²) in [6.45, 7) is 6.19. The number of carbonyl (C=O) groups is 1. The molecule has 1 heterocycles. The van der Waals surface area contributed by atoms with Crippen molar-refractivity contribution in [1.29, 1.82) is 0 Å². The molecular weight excluding hydrogens is 371 g/mol. The van der Waals surface area contributed by atoms with Gasteiger partial charge in [-0.05, 0) is 42.5 Å². The van der Waals surface area contributed by atoms with Crippen LogP contribution in [0.1, 0.15) is 18.9 Å². The maximum absolute atomic E-state index is 11.7. The van der Waals surface area contributed by atoms with Crippen molar-refractivity contribution in [2.45, 2.75) is 19.8 Å². The van der Waals surface area contributed by atoms with Gasteiger partial charge in [0.25, 0.3) is 0 Å². The third-order valence-electron chi connectivity index (χ3n) is 4.36. The fraction of sp³-hybridized carbons (Fsp3) is 0.588. The van der Waals surface area contributed by atoms with Crippen LogP contribution in [0.25, 0.3) is 0 Å². The second-order valence-electron chi connectivity index (χ2n) is 6.51. The summed E-state index contributed by atoms with van der Waals surface area (Å²) in [6.07, 6.45) is 1.89. The fourth-order valence-electron chi connectivity index (χ4n) is 3.01. The SMILES string of the molecule is COC(=O)CN(CCc1ccc(Cl)cc1Cl)CC1(C)CCNC1.Cl. The molecule has 0 aromatic heterocycles. The Kier molecular flexibility index (Phi) is 8.82. The lowest BCUT2D eigenvalue weighted by molar-refractivity contribution is -0.142. The second kappa shape index (κ2) is 9.83. The number of hydrogen-bond acceptors (Lipinski definition) is 4. The van der Waals surface area contributed by atoms with Crippen molar-refractivity contribution in [3.05, 3.63) is 33.8 Å². The van der Waals surface area contributed by atoms with Crippen molar-refractivity contribution in [1.82, 2.24) is 10.2 Å². The number of halogens is 3. The summed E-state index contributed by atoms with van der Waals surface area (Å²) >= 11 is 12.2. The van der Waals surface area contributed by atoms with E-state index in [2.05, 4.69) is 17.1 Å². The molecule has 0 aliphatic carbocycles. The Bertz CT molecular complexity index is 549. The summed E-state index contributed by atoms with van der Waals surface area (Å²) in [5.41, 5.74) is 1.23. The van der Waals surface area contributed by atoms with Crippen LogP contribution in [0.5, 0.6) is 0 Å². The Morgan fingerprint density at radius 1 is 1.42 bits per heavy atom. The molecule has 1 aliphatic rings. The number of rotatable bonds is 7. The highest BCUT2D eigenvalue weighted by molar-refractivity contribution is 6.35. The maximum Gasteiger partial charge on any atom is 0.319 e. The number of nitrogens with zero attached hydrogens (tertiary/aromatic N) is 1. The number of ether oxygens (including phenoxy) is 1. The van der Waals surface area contributed by atoms with Crippen LogP contribution in [0.3, 0.4) is 0 Å². The van der Waals surface area contributed by atoms with E-state index in [4.69, 9.17) is 27.9 Å². The minimum atomic E-state index is -0.207. The first-order valence-electron chi connectivity index (χ1n) is 7.86. The topological polar surface area (TPSA) is 41.6 Å². The van der Waals surface area contributed by atoms with Crippen LogP contribution in [0.2, 0.25) is 10.0 Å². The van der Waals surface area contributed by atoms with E-state index in [0.717, 1.165) is 44.6 Å². The smallest absolute Gasteiger partial charge is 0.319 e. The maximum atomic E-state index is 11.7. The van der Waals surface area contributed by atoms with Gasteiger partial charge in [-0.3, -0.25) is 9.69 Å². The molecular formula is C17H25Cl3N2O2. The van der Waals surface area contributed by atoms with Crippen LogP contribution in [-0.4, -0.2) is 50.7 Å². The highest BCUT2D eigenvalue weighted by atomic mass is 35.5. The van der Waals surface area contributed by atoms with Crippen LogP contribution in [-0.2, 0) is 16.0 Å². The molecule has 1 aliphatic heterocycles. The molecule has 0 saturated carbocycles. The number of hydrogen-bond donors (Lipinski definition) is 1. The molecule has 0 radical (unpaired) electrons. The van der Waals surface area contributed by atoms with E-state index in [-0.39, 0.29) is 23.8 Å². The van der Waals surface area contributed by atoms with Gasteiger partial charge in [0.05, 0.1) is 13.7 Å². The van der Waals surface area contributed by atoms with Crippen LogP contribution >= 0.6 is 35.6 Å². The van der Waals surface area contributed by atoms with E-state index in [1.54, 1.807) is 6.07 Å². The largest absolute Gasteiger partial charge is 0.468 e. The molecule has 1 saturated heterocycles. The molecule has 4 nitrogen and oxygen atoms in total. The van der Waals surface area contributed by atoms with Crippen molar-refractivity contribution >= 4 is 41.6 Å². The van der Waals surface area contributed by atoms with Crippen molar-refractivity contribution in [3.8, 4) is 0 Å². The molecule has 24 heavy (non-hydrogen) atoms. The Morgan fingerprint density at radius 2 is 2.17 bits per heavy atom. The molecule has 7 heteroatoms. The van der Waals surface area contributed by atoms with E-state index in [1.165, 1.54) is 7.11 Å². The lowest BCUT2D eigenvalue weighted by Gasteiger charge is -2.31. The van der Waals surface area contributed by atoms with E-state index >= 15 is 0 Å². The molecule has 0 spiro atoms. The van der Waals surface area contributed by atoms with Gasteiger partial charge in [0.1, 0.15) is 0 Å². The lowest BCUT2D eigenvalue weighted by atomic mass is 9.89. The number of carbonyl (C=O) groups excluding carboxylic acids is 1. The van der Waals surface area contributed by atoms with Crippen molar-refractivity contribution in [2.24, 2.45) is 5.41 Å². The first kappa shape index (κ1) is 21.5. The molecule has 136 valence electrons. The van der Waals surface area contributed by atoms with Crippen molar-refractivity contribution in [3.63, 3.8) is 0 Å². The van der Waals surface area contributed by atoms with E-state index in [9.17, 15) is 4.79 Å². The van der Waals surface area contributed by atoms with Gasteiger partial charge in [0.2, 0.25) is 0 Å². The van der Waals surface area contributed by atoms with Crippen LogP contribution < -0.4 is 5.32 Å². The number of benzene rings is 1. The highest BCUT2D eigenvalue weighted by Gasteiger charge is 2.31. The molecule has 1 aromatic rings. The number of nitrogens with one attached hydrogen (secondary N) is 1. The first-order valence-corrected chi connectivity index (χ1v) is 8.61. The number of methoxy groups -OCH3 is 1. The Hall–Kier alpha value is -0.520. The average molecular weight is 396 g/mol. The minimum Gasteiger partial charge on any atom is -0.468 e. The summed E-state index contributed by atoms with van der Waals surface area (Å²) in [7, 11) is 1.43. The molecule has 1 atom stereocenters. The van der Waals surface area contributed by atoms with Crippen LogP contribution in [0.15, 0.2) is 18.2 Å². The molecule has 1 aromatic carbocycles. The molecule has 0 amide bonds. The third-order valence-corrected chi connectivity index (χ3v) is 4.94. The standard InChI is InChI=1S/C17H24Cl2N2O2.ClH/c1-17(6-7-20-11-17)12-21(10-16(22)23-2)8-5-13-3-4-14(18)9-15(13)19;/h3-4,9,20H,5-8,10-12H2,1-2H3;1H. The minimum absolute atomic E-state index is 0. The quantitative estimate of drug-likeness (QED) is 0.718. The zero-order valence-corrected chi connectivity index (χ0v) is 16.4. The molecule has 2 rings (SSSR count). The monoisotopic (exact) mass is 394 g/mol. The third kappa shape index (κ3) is 6.41. The summed E-state index contributed by atoms with van der Waals surface area (Å²) in [5.74, 6) is -0.207. The van der Waals surface area contributed by atoms with Gasteiger partial charge in [-0.25, -0.2) is 0 Å². The molecule has 0 bridgehead atoms. The lowest BCUT2D eigenvalue weighted by Crippen LogP contribution is -2.41. The number of esters is 1. The van der Waals surface area contributed by atoms with Crippen molar-refractivity contribution in [2.75, 3.05) is 39.8 Å². The summed E-state index contributed by atoms with van der Waals surface area (Å²) in [6, 6.07) is 5.54. The van der Waals surface area contributed by atoms with Gasteiger partial charge < -0.3 is 10.1 Å². The zero-order valence-electron chi connectivity index (χ0n) is 14.1. The predicted molar refractivity (Wildman–Crippen MR) is 101 cm³/mol. The summed E-state index contributed by atoms with van der Waals surface area (Å²) in [5, 5.41) is 4.70. The van der Waals surface area contributed by atoms with E-state index < -0.39 is 0 Å². The van der Waals surface area contributed by atoms with Gasteiger partial charge >= 0.3 is 5.97 Å². The predicted octanol–water partition coefficient (Wildman–Crippen LogP) is 3.43. The van der Waals surface area contributed by atoms with Gasteiger partial charge in [-0.1, -0.05) is 36.2 Å². The Labute approximate surface area is 160 Å². The molecule has 1 fully saturated rings. The van der Waals surface area contributed by atoms with Gasteiger partial charge in [0, 0.05) is 29.7 Å². The van der Waals surface area contributed by atoms with Crippen LogP contribution in [0, 0.1) is 5.41 Å². The fourth-order valence-corrected chi connectivity index (χ4v) is 3.51. The second-order valence-corrected chi connectivity index (χ2v) is 7.35. The van der Waals surface area contributed by atoms with Gasteiger partial charge in [-0.2, -0.15) is 0 Å². The van der Waals surface area contributed by atoms with E-state index in [1.807, 2.05) is 12.1 Å². The average Bonchev–Trinajstić information content (AvgIpc) is 2.92. The highest BCUT2D eigenvalue weighted by Crippen LogP contribution is 2.26. The first-order chi connectivity index (χ1) is 10.9. The zero-order chi connectivity index (χ0) is 16.9. The Balaban J connectivity index is 0.00000288.